The first kappa shape index (κ1) is 24.4. The lowest BCUT2D eigenvalue weighted by atomic mass is 9.45. The molecule has 0 saturated heterocycles. The summed E-state index contributed by atoms with van der Waals surface area (Å²) in [5.74, 6) is -5.28. The molecule has 0 bridgehead atoms. The van der Waals surface area contributed by atoms with E-state index in [1.807, 2.05) is 13.8 Å². The third-order valence-electron chi connectivity index (χ3n) is 9.30. The zero-order valence-electron chi connectivity index (χ0n) is 19.0. The van der Waals surface area contributed by atoms with Gasteiger partial charge >= 0.3 is 17.9 Å². The van der Waals surface area contributed by atoms with Gasteiger partial charge in [0.05, 0.1) is 5.92 Å². The van der Waals surface area contributed by atoms with Gasteiger partial charge in [-0.15, -0.1) is 0 Å². The van der Waals surface area contributed by atoms with Crippen LogP contribution in [-0.2, 0) is 24.0 Å². The van der Waals surface area contributed by atoms with Crippen LogP contribution in [0.4, 0.5) is 0 Å². The highest BCUT2D eigenvalue weighted by molar-refractivity contribution is 5.94. The molecule has 8 atom stereocenters. The van der Waals surface area contributed by atoms with E-state index >= 15 is 0 Å². The predicted molar refractivity (Wildman–Crippen MR) is 113 cm³/mol. The second kappa shape index (κ2) is 8.60. The summed E-state index contributed by atoms with van der Waals surface area (Å²) >= 11 is 0. The zero-order valence-corrected chi connectivity index (χ0v) is 19.0. The van der Waals surface area contributed by atoms with Crippen molar-refractivity contribution in [3.8, 4) is 0 Å². The number of carboxylic acids is 3. The summed E-state index contributed by atoms with van der Waals surface area (Å²) in [5.41, 5.74) is -1.69. The molecule has 3 fully saturated rings. The van der Waals surface area contributed by atoms with Gasteiger partial charge in [-0.05, 0) is 54.8 Å². The Morgan fingerprint density at radius 1 is 0.969 bits per heavy atom. The first-order valence-corrected chi connectivity index (χ1v) is 11.6. The van der Waals surface area contributed by atoms with E-state index in [1.54, 1.807) is 6.92 Å². The molecule has 8 heteroatoms. The van der Waals surface area contributed by atoms with Gasteiger partial charge < -0.3 is 15.3 Å². The highest BCUT2D eigenvalue weighted by Gasteiger charge is 2.66. The molecule has 0 heterocycles. The Hall–Kier alpha value is -2.25. The minimum Gasteiger partial charge on any atom is -0.481 e. The van der Waals surface area contributed by atoms with Crippen molar-refractivity contribution in [1.82, 2.24) is 0 Å². The fourth-order valence-corrected chi connectivity index (χ4v) is 7.48. The van der Waals surface area contributed by atoms with Crippen LogP contribution in [0.25, 0.3) is 0 Å². The predicted octanol–water partition coefficient (Wildman–Crippen LogP) is 3.27. The second-order valence-electron chi connectivity index (χ2n) is 10.7. The van der Waals surface area contributed by atoms with Crippen LogP contribution in [-0.4, -0.2) is 44.8 Å². The Kier molecular flexibility index (Phi) is 6.55. The minimum atomic E-state index is -1.11. The van der Waals surface area contributed by atoms with Crippen LogP contribution in [0.3, 0.4) is 0 Å². The number of fused-ring (bicyclic) bond motifs is 3. The first-order chi connectivity index (χ1) is 14.8. The fourth-order valence-electron chi connectivity index (χ4n) is 7.48. The lowest BCUT2D eigenvalue weighted by molar-refractivity contribution is -0.174. The summed E-state index contributed by atoms with van der Waals surface area (Å²) < 4.78 is 0. The number of Topliss-reactive ketones (excluding diaryl/α,β-unsaturated/α-hetero) is 2. The Balaban J connectivity index is 1.96. The van der Waals surface area contributed by atoms with Crippen molar-refractivity contribution < 1.29 is 39.3 Å². The molecular formula is C24H34O8. The molecule has 3 rings (SSSR count). The number of ketones is 2. The van der Waals surface area contributed by atoms with Crippen molar-refractivity contribution in [1.29, 1.82) is 0 Å². The Bertz CT molecular complexity index is 834. The summed E-state index contributed by atoms with van der Waals surface area (Å²) in [7, 11) is 0. The maximum atomic E-state index is 13.6. The monoisotopic (exact) mass is 450 g/mol. The van der Waals surface area contributed by atoms with Gasteiger partial charge in [-0.3, -0.25) is 24.0 Å². The van der Waals surface area contributed by atoms with E-state index in [9.17, 15) is 34.2 Å². The van der Waals surface area contributed by atoms with Gasteiger partial charge in [0.2, 0.25) is 0 Å². The molecule has 0 spiro atoms. The summed E-state index contributed by atoms with van der Waals surface area (Å²) in [6.45, 7) is 5.63. The fraction of sp³-hybridized carbons (Fsp3) is 0.792. The van der Waals surface area contributed by atoms with Crippen molar-refractivity contribution in [2.75, 3.05) is 0 Å². The second-order valence-corrected chi connectivity index (χ2v) is 10.7. The SMILES string of the molecule is C[C@H](CCC(=O)O)[C@H]1CC[C@H]2[C@H]3C(=O)C[C@H](C(=O)O)[C@](C)(CCC(=O)O)[C@@H]3CC(=O)[C@]12C. The number of hydrogen-bond donors (Lipinski definition) is 3. The smallest absolute Gasteiger partial charge is 0.307 e. The molecule has 3 aliphatic rings. The maximum absolute atomic E-state index is 13.6. The zero-order chi connectivity index (χ0) is 24.0. The highest BCUT2D eigenvalue weighted by Crippen LogP contribution is 2.65. The molecule has 3 N–H and O–H groups in total. The summed E-state index contributed by atoms with van der Waals surface area (Å²) in [6, 6.07) is 0. The van der Waals surface area contributed by atoms with Gasteiger partial charge in [0, 0.05) is 37.0 Å². The molecule has 0 aromatic rings. The molecule has 178 valence electrons. The van der Waals surface area contributed by atoms with Crippen LogP contribution in [0.5, 0.6) is 0 Å². The van der Waals surface area contributed by atoms with Gasteiger partial charge in [-0.2, -0.15) is 0 Å². The van der Waals surface area contributed by atoms with E-state index in [2.05, 4.69) is 0 Å². The van der Waals surface area contributed by atoms with E-state index < -0.39 is 46.5 Å². The Morgan fingerprint density at radius 3 is 2.16 bits per heavy atom. The average molecular weight is 451 g/mol. The number of rotatable bonds is 8. The number of carbonyl (C=O) groups excluding carboxylic acids is 2. The van der Waals surface area contributed by atoms with Crippen LogP contribution in [0, 0.1) is 46.3 Å². The largest absolute Gasteiger partial charge is 0.481 e. The van der Waals surface area contributed by atoms with Crippen LogP contribution in [0.1, 0.15) is 72.1 Å². The van der Waals surface area contributed by atoms with Crippen molar-refractivity contribution in [2.45, 2.75) is 72.1 Å². The van der Waals surface area contributed by atoms with E-state index in [0.29, 0.717) is 12.8 Å². The van der Waals surface area contributed by atoms with E-state index in [1.165, 1.54) is 0 Å². The summed E-state index contributed by atoms with van der Waals surface area (Å²) in [5, 5.41) is 28.1. The van der Waals surface area contributed by atoms with Gasteiger partial charge in [0.15, 0.2) is 0 Å². The number of hydrogen-bond acceptors (Lipinski definition) is 5. The van der Waals surface area contributed by atoms with Gasteiger partial charge in [-0.25, -0.2) is 0 Å². The quantitative estimate of drug-likeness (QED) is 0.511. The minimum absolute atomic E-state index is 0.00816. The number of aliphatic carboxylic acids is 3. The molecule has 0 radical (unpaired) electrons. The molecule has 0 aromatic heterocycles. The van der Waals surface area contributed by atoms with Crippen LogP contribution in [0.15, 0.2) is 0 Å². The van der Waals surface area contributed by atoms with Gasteiger partial charge in [-0.1, -0.05) is 20.8 Å². The topological polar surface area (TPSA) is 146 Å². The standard InChI is InChI=1S/C24H34O8/c1-12(4-7-19(27)28)13-5-6-14-21-15(11-18(26)24(13,14)3)23(2,9-8-20(29)30)16(22(31)32)10-17(21)25/h12-16,21H,4-11H2,1-3H3,(H,27,28)(H,29,30)(H,31,32)/t12-,13-,14+,15-,16-,21-,23-,24-/m1/s1. The molecule has 8 nitrogen and oxygen atoms in total. The van der Waals surface area contributed by atoms with Crippen LogP contribution < -0.4 is 0 Å². The number of carbonyl (C=O) groups is 5. The van der Waals surface area contributed by atoms with Crippen LogP contribution >= 0.6 is 0 Å². The van der Waals surface area contributed by atoms with Crippen LogP contribution in [0.2, 0.25) is 0 Å². The molecule has 3 saturated carbocycles. The van der Waals surface area contributed by atoms with Crippen molar-refractivity contribution in [2.24, 2.45) is 46.3 Å². The summed E-state index contributed by atoms with van der Waals surface area (Å²) in [6.07, 6.45) is 1.76. The third kappa shape index (κ3) is 3.86. The van der Waals surface area contributed by atoms with Crippen molar-refractivity contribution in [3.05, 3.63) is 0 Å². The Labute approximate surface area is 187 Å². The highest BCUT2D eigenvalue weighted by atomic mass is 16.4. The first-order valence-electron chi connectivity index (χ1n) is 11.6. The average Bonchev–Trinajstić information content (AvgIpc) is 3.06. The molecule has 0 aliphatic heterocycles. The van der Waals surface area contributed by atoms with E-state index in [-0.39, 0.29) is 61.4 Å². The maximum Gasteiger partial charge on any atom is 0.307 e. The van der Waals surface area contributed by atoms with Crippen molar-refractivity contribution >= 4 is 29.5 Å². The third-order valence-corrected chi connectivity index (χ3v) is 9.30. The van der Waals surface area contributed by atoms with E-state index in [4.69, 9.17) is 5.11 Å². The molecule has 0 aromatic carbocycles. The van der Waals surface area contributed by atoms with Crippen molar-refractivity contribution in [3.63, 3.8) is 0 Å². The van der Waals surface area contributed by atoms with Gasteiger partial charge in [0.1, 0.15) is 11.6 Å². The molecule has 32 heavy (non-hydrogen) atoms. The van der Waals surface area contributed by atoms with E-state index in [0.717, 1.165) is 6.42 Å². The molecule has 0 amide bonds. The number of carboxylic acid groups (broad SMARTS) is 3. The molecule has 0 unspecified atom stereocenters. The lowest BCUT2D eigenvalue weighted by Gasteiger charge is -2.56. The normalized spacial score (nSPS) is 39.8. The Morgan fingerprint density at radius 2 is 1.59 bits per heavy atom. The van der Waals surface area contributed by atoms with Gasteiger partial charge in [0.25, 0.3) is 0 Å². The summed E-state index contributed by atoms with van der Waals surface area (Å²) in [4.78, 5) is 61.3. The molecular weight excluding hydrogens is 416 g/mol. The molecule has 3 aliphatic carbocycles. The lowest BCUT2D eigenvalue weighted by Crippen LogP contribution is -2.60.